The molecule has 0 bridgehead atoms. The molecule has 1 N–H and O–H groups in total. The van der Waals surface area contributed by atoms with Gasteiger partial charge in [-0.05, 0) is 42.7 Å². The number of amides is 1. The molecule has 2 aromatic rings. The lowest BCUT2D eigenvalue weighted by atomic mass is 10.2. The van der Waals surface area contributed by atoms with Crippen LogP contribution in [0.5, 0.6) is 0 Å². The van der Waals surface area contributed by atoms with Crippen molar-refractivity contribution in [1.82, 2.24) is 14.2 Å². The number of carbonyl (C=O) groups is 1. The number of hydrogen-bond donors (Lipinski definition) is 1. The first kappa shape index (κ1) is 19.2. The van der Waals surface area contributed by atoms with Crippen LogP contribution in [0.2, 0.25) is 0 Å². The van der Waals surface area contributed by atoms with Gasteiger partial charge in [-0.1, -0.05) is 12.1 Å². The summed E-state index contributed by atoms with van der Waals surface area (Å²) in [5, 5.41) is 2.63. The molecule has 7 nitrogen and oxygen atoms in total. The molecular formula is C18H20FN3O4S. The van der Waals surface area contributed by atoms with E-state index in [1.807, 2.05) is 0 Å². The molecule has 0 saturated carbocycles. The number of nitrogens with zero attached hydrogens (tertiary/aromatic N) is 2. The van der Waals surface area contributed by atoms with Crippen LogP contribution < -0.4 is 10.9 Å². The number of rotatable bonds is 6. The number of pyridine rings is 1. The first-order valence-corrected chi connectivity index (χ1v) is 10.0. The Morgan fingerprint density at radius 1 is 1.11 bits per heavy atom. The lowest BCUT2D eigenvalue weighted by Crippen LogP contribution is -2.37. The monoisotopic (exact) mass is 393 g/mol. The minimum atomic E-state index is -3.85. The van der Waals surface area contributed by atoms with Crippen molar-refractivity contribution in [3.05, 3.63) is 64.3 Å². The van der Waals surface area contributed by atoms with Crippen LogP contribution in [0.4, 0.5) is 4.39 Å². The second kappa shape index (κ2) is 8.01. The molecule has 1 aliphatic rings. The Morgan fingerprint density at radius 2 is 1.78 bits per heavy atom. The fourth-order valence-corrected chi connectivity index (χ4v) is 4.52. The third-order valence-corrected chi connectivity index (χ3v) is 6.30. The van der Waals surface area contributed by atoms with Gasteiger partial charge in [0.25, 0.3) is 5.56 Å². The summed E-state index contributed by atoms with van der Waals surface area (Å²) in [7, 11) is -3.85. The molecule has 1 amide bonds. The van der Waals surface area contributed by atoms with Crippen molar-refractivity contribution in [3.8, 4) is 0 Å². The van der Waals surface area contributed by atoms with E-state index in [0.717, 1.165) is 17.4 Å². The standard InChI is InChI=1S/C18H20FN3O4S/c19-15-7-5-14(6-8-15)12-20-17(23)13-21-9-3-4-16(18(21)24)27(25,26)22-10-1-2-11-22/h3-9H,1-2,10-13H2,(H,20,23). The Labute approximate surface area is 156 Å². The largest absolute Gasteiger partial charge is 0.350 e. The summed E-state index contributed by atoms with van der Waals surface area (Å²) in [4.78, 5) is 24.4. The van der Waals surface area contributed by atoms with Crippen LogP contribution in [0.15, 0.2) is 52.3 Å². The minimum absolute atomic E-state index is 0.180. The first-order chi connectivity index (χ1) is 12.9. The van der Waals surface area contributed by atoms with E-state index in [9.17, 15) is 22.4 Å². The van der Waals surface area contributed by atoms with Gasteiger partial charge < -0.3 is 9.88 Å². The summed E-state index contributed by atoms with van der Waals surface area (Å²) < 4.78 is 40.5. The maximum Gasteiger partial charge on any atom is 0.271 e. The fourth-order valence-electron chi connectivity index (χ4n) is 2.92. The van der Waals surface area contributed by atoms with E-state index in [1.54, 1.807) is 12.1 Å². The van der Waals surface area contributed by atoms with E-state index >= 15 is 0 Å². The topological polar surface area (TPSA) is 88.5 Å². The number of sulfonamides is 1. The average Bonchev–Trinajstić information content (AvgIpc) is 3.18. The van der Waals surface area contributed by atoms with Crippen LogP contribution in [-0.4, -0.2) is 36.3 Å². The molecule has 2 heterocycles. The van der Waals surface area contributed by atoms with Gasteiger partial charge in [0.05, 0.1) is 0 Å². The van der Waals surface area contributed by atoms with Crippen molar-refractivity contribution in [2.75, 3.05) is 13.1 Å². The Morgan fingerprint density at radius 3 is 2.44 bits per heavy atom. The summed E-state index contributed by atoms with van der Waals surface area (Å²) in [5.74, 6) is -0.815. The number of nitrogens with one attached hydrogen (secondary N) is 1. The number of aromatic nitrogens is 1. The van der Waals surface area contributed by atoms with Crippen LogP contribution in [0.3, 0.4) is 0 Å². The van der Waals surface area contributed by atoms with Gasteiger partial charge in [0.15, 0.2) is 0 Å². The van der Waals surface area contributed by atoms with Crippen LogP contribution in [-0.2, 0) is 27.9 Å². The van der Waals surface area contributed by atoms with E-state index in [1.165, 1.54) is 34.8 Å². The van der Waals surface area contributed by atoms with Crippen molar-refractivity contribution in [1.29, 1.82) is 0 Å². The lowest BCUT2D eigenvalue weighted by Gasteiger charge is -2.16. The minimum Gasteiger partial charge on any atom is -0.350 e. The van der Waals surface area contributed by atoms with Crippen LogP contribution in [0.25, 0.3) is 0 Å². The van der Waals surface area contributed by atoms with Gasteiger partial charge >= 0.3 is 0 Å². The third-order valence-electron chi connectivity index (χ3n) is 4.39. The van der Waals surface area contributed by atoms with Crippen molar-refractivity contribution in [2.24, 2.45) is 0 Å². The van der Waals surface area contributed by atoms with E-state index in [-0.39, 0.29) is 23.8 Å². The summed E-state index contributed by atoms with van der Waals surface area (Å²) in [6, 6.07) is 8.38. The van der Waals surface area contributed by atoms with Gasteiger partial charge in [-0.3, -0.25) is 9.59 Å². The van der Waals surface area contributed by atoms with Gasteiger partial charge in [0, 0.05) is 25.8 Å². The molecule has 1 saturated heterocycles. The van der Waals surface area contributed by atoms with Crippen LogP contribution >= 0.6 is 0 Å². The molecule has 0 spiro atoms. The predicted octanol–water partition coefficient (Wildman–Crippen LogP) is 1.09. The quantitative estimate of drug-likeness (QED) is 0.796. The van der Waals surface area contributed by atoms with E-state index in [0.29, 0.717) is 18.7 Å². The maximum absolute atomic E-state index is 12.9. The highest BCUT2D eigenvalue weighted by atomic mass is 32.2. The number of benzene rings is 1. The molecule has 1 aromatic heterocycles. The highest BCUT2D eigenvalue weighted by Gasteiger charge is 2.29. The zero-order valence-electron chi connectivity index (χ0n) is 14.6. The molecule has 0 radical (unpaired) electrons. The summed E-state index contributed by atoms with van der Waals surface area (Å²) in [6.07, 6.45) is 2.92. The zero-order chi connectivity index (χ0) is 19.4. The third kappa shape index (κ3) is 4.42. The number of carbonyl (C=O) groups excluding carboxylic acids is 1. The highest BCUT2D eigenvalue weighted by Crippen LogP contribution is 2.18. The molecule has 0 unspecified atom stereocenters. The second-order valence-electron chi connectivity index (χ2n) is 6.32. The molecule has 1 fully saturated rings. The molecule has 27 heavy (non-hydrogen) atoms. The first-order valence-electron chi connectivity index (χ1n) is 8.59. The Bertz CT molecular complexity index is 980. The molecule has 144 valence electrons. The molecule has 1 aliphatic heterocycles. The summed E-state index contributed by atoms with van der Waals surface area (Å²) >= 11 is 0. The van der Waals surface area contributed by atoms with Crippen LogP contribution in [0.1, 0.15) is 18.4 Å². The maximum atomic E-state index is 12.9. The normalized spacial score (nSPS) is 15.0. The number of hydrogen-bond acceptors (Lipinski definition) is 4. The van der Waals surface area contributed by atoms with Crippen molar-refractivity contribution >= 4 is 15.9 Å². The van der Waals surface area contributed by atoms with Crippen molar-refractivity contribution in [2.45, 2.75) is 30.8 Å². The smallest absolute Gasteiger partial charge is 0.271 e. The SMILES string of the molecule is O=C(Cn1cccc(S(=O)(=O)N2CCCC2)c1=O)NCc1ccc(F)cc1. The van der Waals surface area contributed by atoms with Gasteiger partial charge in [-0.25, -0.2) is 12.8 Å². The molecular weight excluding hydrogens is 373 g/mol. The zero-order valence-corrected chi connectivity index (χ0v) is 15.4. The van der Waals surface area contributed by atoms with Crippen molar-refractivity contribution < 1.29 is 17.6 Å². The summed E-state index contributed by atoms with van der Waals surface area (Å²) in [5.41, 5.74) is -0.0104. The molecule has 0 aliphatic carbocycles. The Kier molecular flexibility index (Phi) is 5.71. The Hall–Kier alpha value is -2.52. The van der Waals surface area contributed by atoms with E-state index < -0.39 is 21.5 Å². The van der Waals surface area contributed by atoms with Gasteiger partial charge in [0.1, 0.15) is 17.3 Å². The summed E-state index contributed by atoms with van der Waals surface area (Å²) in [6.45, 7) is 0.673. The second-order valence-corrected chi connectivity index (χ2v) is 8.23. The van der Waals surface area contributed by atoms with Crippen LogP contribution in [0, 0.1) is 5.82 Å². The van der Waals surface area contributed by atoms with Crippen molar-refractivity contribution in [3.63, 3.8) is 0 Å². The molecule has 9 heteroatoms. The molecule has 3 rings (SSSR count). The predicted molar refractivity (Wildman–Crippen MR) is 96.9 cm³/mol. The van der Waals surface area contributed by atoms with Gasteiger partial charge in [0.2, 0.25) is 15.9 Å². The highest BCUT2D eigenvalue weighted by molar-refractivity contribution is 7.89. The van der Waals surface area contributed by atoms with E-state index in [4.69, 9.17) is 0 Å². The fraction of sp³-hybridized carbons (Fsp3) is 0.333. The molecule has 0 atom stereocenters. The van der Waals surface area contributed by atoms with Gasteiger partial charge in [-0.2, -0.15) is 4.31 Å². The lowest BCUT2D eigenvalue weighted by molar-refractivity contribution is -0.121. The molecule has 1 aromatic carbocycles. The average molecular weight is 393 g/mol. The van der Waals surface area contributed by atoms with E-state index in [2.05, 4.69) is 5.32 Å². The number of halogens is 1. The van der Waals surface area contributed by atoms with Gasteiger partial charge in [-0.15, -0.1) is 0 Å². The Balaban J connectivity index is 1.71.